The Balaban J connectivity index is 2.64. The van der Waals surface area contributed by atoms with Crippen LogP contribution in [0.25, 0.3) is 0 Å². The molecule has 2 aromatic rings. The molecule has 0 saturated heterocycles. The van der Waals surface area contributed by atoms with Crippen molar-refractivity contribution in [2.75, 3.05) is 13.1 Å². The van der Waals surface area contributed by atoms with Crippen molar-refractivity contribution >= 4 is 5.97 Å². The first-order valence-corrected chi connectivity index (χ1v) is 7.22. The van der Waals surface area contributed by atoms with E-state index in [-0.39, 0.29) is 35.7 Å². The summed E-state index contributed by atoms with van der Waals surface area (Å²) in [5.74, 6) is 9.00. The van der Waals surface area contributed by atoms with Crippen molar-refractivity contribution in [1.82, 2.24) is 10.4 Å². The smallest absolute Gasteiger partial charge is 0.333 e. The minimum Gasteiger partial charge on any atom is -0.508 e. The van der Waals surface area contributed by atoms with Gasteiger partial charge in [0.05, 0.1) is 0 Å². The number of nitrogens with two attached hydrogens (primary N) is 2. The Kier molecular flexibility index (Phi) is 5.37. The van der Waals surface area contributed by atoms with E-state index in [1.165, 1.54) is 24.3 Å². The van der Waals surface area contributed by atoms with Gasteiger partial charge in [-0.3, -0.25) is 17.0 Å². The SMILES string of the molecule is NN(N)CCNC(C(=O)O)(c1ccccc1O)c1ccccc1O. The van der Waals surface area contributed by atoms with Gasteiger partial charge in [0.1, 0.15) is 11.5 Å². The number of hydrogen-bond acceptors (Lipinski definition) is 7. The van der Waals surface area contributed by atoms with Crippen LogP contribution in [0.3, 0.4) is 0 Å². The second kappa shape index (κ2) is 7.28. The Morgan fingerprint density at radius 3 is 1.83 bits per heavy atom. The topological polar surface area (TPSA) is 145 Å². The van der Waals surface area contributed by atoms with Gasteiger partial charge >= 0.3 is 5.97 Å². The number of benzene rings is 2. The van der Waals surface area contributed by atoms with Gasteiger partial charge in [-0.15, -0.1) is 0 Å². The first kappa shape index (κ1) is 17.7. The number of para-hydroxylation sites is 2. The summed E-state index contributed by atoms with van der Waals surface area (Å²) in [7, 11) is 0. The van der Waals surface area contributed by atoms with Crippen LogP contribution in [0, 0.1) is 0 Å². The molecule has 0 bridgehead atoms. The highest BCUT2D eigenvalue weighted by Gasteiger charge is 2.45. The predicted molar refractivity (Wildman–Crippen MR) is 87.7 cm³/mol. The fourth-order valence-electron chi connectivity index (χ4n) is 2.60. The van der Waals surface area contributed by atoms with Crippen LogP contribution in [0.15, 0.2) is 48.5 Å². The number of aromatic hydroxyl groups is 2. The van der Waals surface area contributed by atoms with E-state index in [9.17, 15) is 20.1 Å². The van der Waals surface area contributed by atoms with E-state index in [1.807, 2.05) is 0 Å². The van der Waals surface area contributed by atoms with Gasteiger partial charge < -0.3 is 15.3 Å². The summed E-state index contributed by atoms with van der Waals surface area (Å²) in [5, 5.41) is 34.2. The van der Waals surface area contributed by atoms with Crippen molar-refractivity contribution in [3.8, 4) is 11.5 Å². The molecule has 0 spiro atoms. The number of aliphatic carboxylic acids is 1. The second-order valence-corrected chi connectivity index (χ2v) is 5.25. The second-order valence-electron chi connectivity index (χ2n) is 5.25. The lowest BCUT2D eigenvalue weighted by Gasteiger charge is -2.33. The quantitative estimate of drug-likeness (QED) is 0.308. The van der Waals surface area contributed by atoms with Crippen molar-refractivity contribution in [1.29, 1.82) is 0 Å². The lowest BCUT2D eigenvalue weighted by Crippen LogP contribution is -2.53. The van der Waals surface area contributed by atoms with Gasteiger partial charge in [0.15, 0.2) is 5.54 Å². The summed E-state index contributed by atoms with van der Waals surface area (Å²) in [6.45, 7) is 0.248. The van der Waals surface area contributed by atoms with Gasteiger partial charge in [0, 0.05) is 24.2 Å². The number of phenolic OH excluding ortho intramolecular Hbond substituents is 2. The minimum absolute atomic E-state index is 0.0968. The predicted octanol–water partition coefficient (Wildman–Crippen LogP) is 0.0650. The van der Waals surface area contributed by atoms with Crippen molar-refractivity contribution in [3.05, 3.63) is 59.7 Å². The van der Waals surface area contributed by atoms with E-state index in [1.54, 1.807) is 24.3 Å². The van der Waals surface area contributed by atoms with E-state index < -0.39 is 11.5 Å². The molecule has 0 atom stereocenters. The van der Waals surface area contributed by atoms with Gasteiger partial charge in [-0.1, -0.05) is 36.4 Å². The summed E-state index contributed by atoms with van der Waals surface area (Å²) in [4.78, 5) is 12.2. The highest BCUT2D eigenvalue weighted by molar-refractivity contribution is 5.87. The molecular formula is C16H20N4O4. The maximum absolute atomic E-state index is 12.2. The number of nitrogens with zero attached hydrogens (tertiary/aromatic N) is 1. The molecule has 2 rings (SSSR count). The molecule has 0 unspecified atom stereocenters. The molecule has 8 heteroatoms. The number of hydrazine groups is 2. The number of carboxylic acids is 1. The summed E-state index contributed by atoms with van der Waals surface area (Å²) in [5.41, 5.74) is -1.67. The fourth-order valence-corrected chi connectivity index (χ4v) is 2.60. The normalized spacial score (nSPS) is 11.6. The third kappa shape index (κ3) is 3.31. The van der Waals surface area contributed by atoms with Crippen molar-refractivity contribution in [2.45, 2.75) is 5.54 Å². The Hall–Kier alpha value is -2.65. The van der Waals surface area contributed by atoms with Crippen molar-refractivity contribution in [2.24, 2.45) is 11.7 Å². The van der Waals surface area contributed by atoms with Crippen LogP contribution < -0.4 is 17.0 Å². The lowest BCUT2D eigenvalue weighted by molar-refractivity contribution is -0.143. The molecule has 2 aromatic carbocycles. The molecule has 24 heavy (non-hydrogen) atoms. The molecule has 0 aliphatic carbocycles. The average molecular weight is 332 g/mol. The van der Waals surface area contributed by atoms with Crippen LogP contribution in [-0.2, 0) is 10.3 Å². The van der Waals surface area contributed by atoms with Gasteiger partial charge in [-0.25, -0.2) is 4.79 Å². The van der Waals surface area contributed by atoms with Crippen LogP contribution in [0.4, 0.5) is 0 Å². The molecule has 0 amide bonds. The highest BCUT2D eigenvalue weighted by Crippen LogP contribution is 2.39. The molecule has 0 radical (unpaired) electrons. The number of carbonyl (C=O) groups is 1. The molecule has 8 nitrogen and oxygen atoms in total. The van der Waals surface area contributed by atoms with E-state index >= 15 is 0 Å². The average Bonchev–Trinajstić information content (AvgIpc) is 2.53. The molecule has 0 heterocycles. The standard InChI is InChI=1S/C16H20N4O4/c17-20(18)10-9-19-16(15(23)24,11-5-1-3-7-13(11)21)12-6-2-4-8-14(12)22/h1-8,19,21-22H,9-10,17-18H2,(H,23,24). The minimum atomic E-state index is -1.87. The summed E-state index contributed by atoms with van der Waals surface area (Å²) >= 11 is 0. The lowest BCUT2D eigenvalue weighted by atomic mass is 9.81. The molecular weight excluding hydrogens is 312 g/mol. The van der Waals surface area contributed by atoms with Gasteiger partial charge in [-0.05, 0) is 12.1 Å². The molecule has 0 fully saturated rings. The number of nitrogens with one attached hydrogen (secondary N) is 1. The Bertz CT molecular complexity index is 675. The number of phenols is 2. The monoisotopic (exact) mass is 332 g/mol. The van der Waals surface area contributed by atoms with Gasteiger partial charge in [0.2, 0.25) is 0 Å². The Labute approximate surface area is 138 Å². The van der Waals surface area contributed by atoms with Crippen molar-refractivity contribution < 1.29 is 20.1 Å². The Morgan fingerprint density at radius 1 is 1.00 bits per heavy atom. The maximum Gasteiger partial charge on any atom is 0.333 e. The van der Waals surface area contributed by atoms with E-state index in [2.05, 4.69) is 5.32 Å². The number of carboxylic acid groups (broad SMARTS) is 1. The zero-order chi connectivity index (χ0) is 17.7. The zero-order valence-corrected chi connectivity index (χ0v) is 12.9. The van der Waals surface area contributed by atoms with Crippen LogP contribution in [0.1, 0.15) is 11.1 Å². The van der Waals surface area contributed by atoms with Crippen LogP contribution in [0.5, 0.6) is 11.5 Å². The summed E-state index contributed by atoms with van der Waals surface area (Å²) in [6, 6.07) is 12.1. The fraction of sp³-hybridized carbons (Fsp3) is 0.188. The van der Waals surface area contributed by atoms with Gasteiger partial charge in [0.25, 0.3) is 0 Å². The molecule has 0 aromatic heterocycles. The van der Waals surface area contributed by atoms with E-state index in [0.717, 1.165) is 5.12 Å². The van der Waals surface area contributed by atoms with E-state index in [4.69, 9.17) is 11.7 Å². The number of rotatable bonds is 7. The molecule has 0 aliphatic heterocycles. The van der Waals surface area contributed by atoms with Crippen LogP contribution in [0.2, 0.25) is 0 Å². The molecule has 8 N–H and O–H groups in total. The molecule has 128 valence electrons. The summed E-state index contributed by atoms with van der Waals surface area (Å²) in [6.07, 6.45) is 0. The zero-order valence-electron chi connectivity index (χ0n) is 12.9. The van der Waals surface area contributed by atoms with Crippen LogP contribution >= 0.6 is 0 Å². The highest BCUT2D eigenvalue weighted by atomic mass is 16.4. The Morgan fingerprint density at radius 2 is 1.46 bits per heavy atom. The largest absolute Gasteiger partial charge is 0.508 e. The van der Waals surface area contributed by atoms with E-state index in [0.29, 0.717) is 0 Å². The third-order valence-corrected chi connectivity index (χ3v) is 3.70. The third-order valence-electron chi connectivity index (χ3n) is 3.70. The van der Waals surface area contributed by atoms with Crippen molar-refractivity contribution in [3.63, 3.8) is 0 Å². The first-order valence-electron chi connectivity index (χ1n) is 7.22. The number of hydrogen-bond donors (Lipinski definition) is 6. The van der Waals surface area contributed by atoms with Crippen LogP contribution in [-0.4, -0.2) is 39.5 Å². The maximum atomic E-state index is 12.2. The summed E-state index contributed by atoms with van der Waals surface area (Å²) < 4.78 is 0. The molecule has 0 aliphatic rings. The first-order chi connectivity index (χ1) is 11.4. The molecule has 0 saturated carbocycles. The van der Waals surface area contributed by atoms with Gasteiger partial charge in [-0.2, -0.15) is 5.12 Å².